The summed E-state index contributed by atoms with van der Waals surface area (Å²) in [5.41, 5.74) is 4.57. The highest BCUT2D eigenvalue weighted by Crippen LogP contribution is 2.51. The molecule has 3 aliphatic rings. The van der Waals surface area contributed by atoms with Crippen LogP contribution in [0.3, 0.4) is 0 Å². The van der Waals surface area contributed by atoms with Crippen LogP contribution in [0, 0.1) is 17.8 Å². The Kier molecular flexibility index (Phi) is 4.68. The van der Waals surface area contributed by atoms with E-state index in [1.807, 2.05) is 24.3 Å². The highest BCUT2D eigenvalue weighted by Gasteiger charge is 2.60. The lowest BCUT2D eigenvalue weighted by atomic mass is 9.98. The first-order valence-electron chi connectivity index (χ1n) is 10.6. The second kappa shape index (κ2) is 7.41. The minimum Gasteiger partial charge on any atom is -0.481 e. The van der Waals surface area contributed by atoms with Gasteiger partial charge in [-0.25, -0.2) is 4.79 Å². The van der Waals surface area contributed by atoms with Gasteiger partial charge in [0.25, 0.3) is 0 Å². The number of nitrogens with one attached hydrogen (secondary N) is 1. The summed E-state index contributed by atoms with van der Waals surface area (Å²) in [6.45, 7) is 2.70. The molecule has 1 aliphatic heterocycles. The summed E-state index contributed by atoms with van der Waals surface area (Å²) >= 11 is 0. The summed E-state index contributed by atoms with van der Waals surface area (Å²) in [7, 11) is 0. The van der Waals surface area contributed by atoms with Crippen molar-refractivity contribution in [3.63, 3.8) is 0 Å². The zero-order chi connectivity index (χ0) is 21.7. The topological polar surface area (TPSA) is 95.9 Å². The molecule has 2 aromatic rings. The van der Waals surface area contributed by atoms with Crippen LogP contribution in [0.1, 0.15) is 24.0 Å². The van der Waals surface area contributed by atoms with E-state index in [2.05, 4.69) is 29.6 Å². The number of alkyl carbamates (subject to hydrolysis) is 1. The van der Waals surface area contributed by atoms with E-state index < -0.39 is 18.1 Å². The smallest absolute Gasteiger partial charge is 0.407 e. The van der Waals surface area contributed by atoms with E-state index in [1.54, 1.807) is 11.8 Å². The van der Waals surface area contributed by atoms with E-state index in [1.165, 1.54) is 0 Å². The number of hydrogen-bond donors (Lipinski definition) is 2. The van der Waals surface area contributed by atoms with Crippen LogP contribution in [0.4, 0.5) is 4.79 Å². The number of fused-ring (bicyclic) bond motifs is 4. The van der Waals surface area contributed by atoms with Crippen LogP contribution < -0.4 is 5.32 Å². The van der Waals surface area contributed by atoms with Gasteiger partial charge in [0, 0.05) is 19.0 Å². The van der Waals surface area contributed by atoms with Gasteiger partial charge in [-0.05, 0) is 41.0 Å². The molecule has 5 rings (SSSR count). The van der Waals surface area contributed by atoms with Crippen LogP contribution in [-0.4, -0.2) is 53.7 Å². The minimum atomic E-state index is -0.785. The van der Waals surface area contributed by atoms with Gasteiger partial charge in [0.15, 0.2) is 0 Å². The quantitative estimate of drug-likeness (QED) is 0.775. The molecule has 0 radical (unpaired) electrons. The fourth-order valence-electron chi connectivity index (χ4n) is 5.23. The van der Waals surface area contributed by atoms with E-state index in [9.17, 15) is 14.4 Å². The number of benzene rings is 2. The molecule has 2 aliphatic carbocycles. The summed E-state index contributed by atoms with van der Waals surface area (Å²) in [4.78, 5) is 37.7. The monoisotopic (exact) mass is 420 g/mol. The fraction of sp³-hybridized carbons (Fsp3) is 0.375. The molecule has 0 bridgehead atoms. The molecule has 0 spiro atoms. The summed E-state index contributed by atoms with van der Waals surface area (Å²) in [5.74, 6) is -1.26. The van der Waals surface area contributed by atoms with Crippen molar-refractivity contribution in [3.05, 3.63) is 59.7 Å². The van der Waals surface area contributed by atoms with Crippen molar-refractivity contribution in [2.24, 2.45) is 17.8 Å². The number of nitrogens with zero attached hydrogens (tertiary/aromatic N) is 1. The largest absolute Gasteiger partial charge is 0.481 e. The molecular weight excluding hydrogens is 396 g/mol. The summed E-state index contributed by atoms with van der Waals surface area (Å²) in [6, 6.07) is 15.5. The Bertz CT molecular complexity index is 1010. The van der Waals surface area contributed by atoms with Crippen LogP contribution in [0.15, 0.2) is 48.5 Å². The Hall–Kier alpha value is -3.35. The number of aliphatic carboxylic acids is 1. The average molecular weight is 420 g/mol. The molecule has 1 unspecified atom stereocenters. The van der Waals surface area contributed by atoms with Crippen LogP contribution in [0.2, 0.25) is 0 Å². The third-order valence-corrected chi connectivity index (χ3v) is 6.84. The van der Waals surface area contributed by atoms with Crippen molar-refractivity contribution >= 4 is 18.0 Å². The molecule has 31 heavy (non-hydrogen) atoms. The Morgan fingerprint density at radius 2 is 1.58 bits per heavy atom. The third kappa shape index (κ3) is 3.34. The number of carbonyl (C=O) groups excluding carboxylic acids is 2. The zero-order valence-corrected chi connectivity index (χ0v) is 17.2. The van der Waals surface area contributed by atoms with Crippen molar-refractivity contribution in [3.8, 4) is 11.1 Å². The lowest BCUT2D eigenvalue weighted by Crippen LogP contribution is -2.47. The maximum atomic E-state index is 12.6. The van der Waals surface area contributed by atoms with Crippen molar-refractivity contribution in [1.82, 2.24) is 10.2 Å². The Labute approximate surface area is 180 Å². The van der Waals surface area contributed by atoms with Gasteiger partial charge in [-0.2, -0.15) is 0 Å². The maximum Gasteiger partial charge on any atom is 0.407 e. The van der Waals surface area contributed by atoms with E-state index in [0.29, 0.717) is 13.1 Å². The third-order valence-electron chi connectivity index (χ3n) is 6.84. The number of carbonyl (C=O) groups is 3. The second-order valence-electron chi connectivity index (χ2n) is 8.63. The normalized spacial score (nSPS) is 24.0. The number of ether oxygens (including phenoxy) is 1. The summed E-state index contributed by atoms with van der Waals surface area (Å²) in [5, 5.41) is 11.7. The first-order valence-corrected chi connectivity index (χ1v) is 10.6. The molecule has 2 amide bonds. The molecule has 1 saturated heterocycles. The number of carboxylic acids is 1. The number of likely N-dealkylation sites (tertiary alicyclic amines) is 1. The maximum absolute atomic E-state index is 12.6. The number of amides is 2. The summed E-state index contributed by atoms with van der Waals surface area (Å²) in [6.07, 6.45) is -0.629. The Morgan fingerprint density at radius 1 is 1.03 bits per heavy atom. The molecule has 7 nitrogen and oxygen atoms in total. The van der Waals surface area contributed by atoms with Gasteiger partial charge in [0.2, 0.25) is 5.91 Å². The predicted octanol–water partition coefficient (Wildman–Crippen LogP) is 2.70. The molecule has 0 aromatic heterocycles. The Morgan fingerprint density at radius 3 is 2.13 bits per heavy atom. The lowest BCUT2D eigenvalue weighted by molar-refractivity contribution is -0.141. The van der Waals surface area contributed by atoms with Gasteiger partial charge in [-0.3, -0.25) is 9.59 Å². The molecule has 7 heteroatoms. The van der Waals surface area contributed by atoms with Crippen LogP contribution in [0.5, 0.6) is 0 Å². The van der Waals surface area contributed by atoms with Gasteiger partial charge >= 0.3 is 12.1 Å². The minimum absolute atomic E-state index is 0.0391. The zero-order valence-electron chi connectivity index (χ0n) is 17.2. The van der Waals surface area contributed by atoms with E-state index in [4.69, 9.17) is 9.84 Å². The van der Waals surface area contributed by atoms with Crippen molar-refractivity contribution < 1.29 is 24.2 Å². The van der Waals surface area contributed by atoms with Crippen LogP contribution >= 0.6 is 0 Å². The van der Waals surface area contributed by atoms with E-state index in [0.717, 1.165) is 22.3 Å². The van der Waals surface area contributed by atoms with Crippen molar-refractivity contribution in [2.75, 3.05) is 19.7 Å². The molecule has 1 heterocycles. The van der Waals surface area contributed by atoms with E-state index >= 15 is 0 Å². The van der Waals surface area contributed by atoms with Gasteiger partial charge in [-0.15, -0.1) is 0 Å². The second-order valence-corrected chi connectivity index (χ2v) is 8.63. The van der Waals surface area contributed by atoms with Gasteiger partial charge in [-0.1, -0.05) is 48.5 Å². The molecule has 2 fully saturated rings. The van der Waals surface area contributed by atoms with Gasteiger partial charge in [0.1, 0.15) is 12.6 Å². The van der Waals surface area contributed by atoms with Crippen LogP contribution in [0.25, 0.3) is 11.1 Å². The van der Waals surface area contributed by atoms with E-state index in [-0.39, 0.29) is 36.2 Å². The lowest BCUT2D eigenvalue weighted by Gasteiger charge is -2.23. The molecule has 1 saturated carbocycles. The average Bonchev–Trinajstić information content (AvgIpc) is 3.13. The SMILES string of the molecule is C[C@H](NC(=O)OCC1c2ccccc2-c2ccccc21)C(=O)N1C[C@@H]2C(C(=O)O)[C@@H]2C1. The number of piperidine rings is 1. The molecule has 160 valence electrons. The van der Waals surface area contributed by atoms with Gasteiger partial charge < -0.3 is 20.1 Å². The standard InChI is InChI=1S/C24H24N2O5/c1-13(22(27)26-10-18-19(11-26)21(18)23(28)29)25-24(30)31-12-20-16-8-4-2-6-14(16)15-7-3-5-9-17(15)20/h2-9,13,18-21H,10-12H2,1H3,(H,25,30)(H,28,29)/t13-,18-,19+,21?/m0/s1. The molecular formula is C24H24N2O5. The molecule has 2 aromatic carbocycles. The number of hydrogen-bond acceptors (Lipinski definition) is 4. The molecule has 4 atom stereocenters. The first kappa shape index (κ1) is 19.6. The number of carboxylic acid groups (broad SMARTS) is 1. The van der Waals surface area contributed by atoms with Gasteiger partial charge in [0.05, 0.1) is 5.92 Å². The molecule has 2 N–H and O–H groups in total. The highest BCUT2D eigenvalue weighted by atomic mass is 16.5. The Balaban J connectivity index is 1.17. The van der Waals surface area contributed by atoms with Crippen molar-refractivity contribution in [1.29, 1.82) is 0 Å². The number of rotatable bonds is 5. The first-order chi connectivity index (χ1) is 15.0. The summed E-state index contributed by atoms with van der Waals surface area (Å²) < 4.78 is 5.50. The fourth-order valence-corrected chi connectivity index (χ4v) is 5.23. The highest BCUT2D eigenvalue weighted by molar-refractivity contribution is 5.86. The van der Waals surface area contributed by atoms with Crippen LogP contribution in [-0.2, 0) is 14.3 Å². The predicted molar refractivity (Wildman–Crippen MR) is 112 cm³/mol. The van der Waals surface area contributed by atoms with Crippen molar-refractivity contribution in [2.45, 2.75) is 18.9 Å².